The second-order valence-corrected chi connectivity index (χ2v) is 3.46. The van der Waals surface area contributed by atoms with Crippen LogP contribution < -0.4 is 0 Å². The first-order valence-electron chi connectivity index (χ1n) is 4.86. The van der Waals surface area contributed by atoms with Crippen molar-refractivity contribution in [1.82, 2.24) is 4.98 Å². The average Bonchev–Trinajstić information content (AvgIpc) is 2.29. The predicted molar refractivity (Wildman–Crippen MR) is 56.3 cm³/mol. The minimum atomic E-state index is -2.81. The van der Waals surface area contributed by atoms with Crippen molar-refractivity contribution in [2.24, 2.45) is 0 Å². The second kappa shape index (κ2) is 5.48. The zero-order valence-electron chi connectivity index (χ0n) is 9.65. The van der Waals surface area contributed by atoms with Gasteiger partial charge in [-0.1, -0.05) is 0 Å². The van der Waals surface area contributed by atoms with Crippen LogP contribution in [-0.2, 0) is 16.0 Å². The Kier molecular flexibility index (Phi) is 4.24. The van der Waals surface area contributed by atoms with Gasteiger partial charge in [-0.15, -0.1) is 0 Å². The van der Waals surface area contributed by atoms with Crippen LogP contribution in [0.5, 0.6) is 0 Å². The van der Waals surface area contributed by atoms with Crippen LogP contribution >= 0.6 is 0 Å². The van der Waals surface area contributed by atoms with Crippen molar-refractivity contribution >= 4 is 11.8 Å². The molecule has 1 rings (SSSR count). The lowest BCUT2D eigenvalue weighted by Crippen LogP contribution is -2.10. The Bertz CT molecular complexity index is 491. The molecule has 1 heterocycles. The fourth-order valence-electron chi connectivity index (χ4n) is 1.39. The minimum Gasteiger partial charge on any atom is -0.469 e. The van der Waals surface area contributed by atoms with E-state index < -0.39 is 35.1 Å². The number of esters is 1. The molecule has 0 fully saturated rings. The number of carbonyl (C=O) groups excluding carboxylic acids is 1. The molecular formula is C10H10F2N2O4. The number of hydrogen-bond acceptors (Lipinski definition) is 5. The zero-order valence-corrected chi connectivity index (χ0v) is 9.65. The third-order valence-electron chi connectivity index (χ3n) is 2.28. The van der Waals surface area contributed by atoms with Crippen molar-refractivity contribution in [2.45, 2.75) is 19.8 Å². The van der Waals surface area contributed by atoms with E-state index in [4.69, 9.17) is 0 Å². The number of aromatic nitrogens is 1. The van der Waals surface area contributed by atoms with Gasteiger partial charge in [0.15, 0.2) is 5.69 Å². The normalized spacial score (nSPS) is 10.5. The molecule has 0 aliphatic carbocycles. The Morgan fingerprint density at radius 1 is 1.61 bits per heavy atom. The third-order valence-corrected chi connectivity index (χ3v) is 2.28. The minimum absolute atomic E-state index is 0.134. The lowest BCUT2D eigenvalue weighted by molar-refractivity contribution is -0.390. The SMILES string of the molecule is COC(=O)Cc1cc(C(F)F)c(C)nc1[N+](=O)[O-]. The first kappa shape index (κ1) is 13.9. The van der Waals surface area contributed by atoms with Crippen LogP contribution in [0.15, 0.2) is 6.07 Å². The quantitative estimate of drug-likeness (QED) is 0.469. The van der Waals surface area contributed by atoms with E-state index in [1.807, 2.05) is 0 Å². The van der Waals surface area contributed by atoms with E-state index in [2.05, 4.69) is 9.72 Å². The maximum Gasteiger partial charge on any atom is 0.367 e. The molecule has 8 heteroatoms. The second-order valence-electron chi connectivity index (χ2n) is 3.46. The number of rotatable bonds is 4. The monoisotopic (exact) mass is 260 g/mol. The molecule has 0 unspecified atom stereocenters. The zero-order chi connectivity index (χ0) is 13.9. The summed E-state index contributed by atoms with van der Waals surface area (Å²) in [6.45, 7) is 1.25. The summed E-state index contributed by atoms with van der Waals surface area (Å²) in [5, 5.41) is 10.7. The Balaban J connectivity index is 3.30. The Hall–Kier alpha value is -2.12. The highest BCUT2D eigenvalue weighted by atomic mass is 19.3. The molecule has 0 radical (unpaired) electrons. The molecule has 18 heavy (non-hydrogen) atoms. The summed E-state index contributed by atoms with van der Waals surface area (Å²) in [6, 6.07) is 0.919. The number of pyridine rings is 1. The van der Waals surface area contributed by atoms with Gasteiger partial charge in [-0.25, -0.2) is 8.78 Å². The number of ether oxygens (including phenoxy) is 1. The number of halogens is 2. The van der Waals surface area contributed by atoms with Gasteiger partial charge < -0.3 is 14.9 Å². The van der Waals surface area contributed by atoms with Crippen LogP contribution in [0.3, 0.4) is 0 Å². The van der Waals surface area contributed by atoms with Gasteiger partial charge in [0.1, 0.15) is 0 Å². The number of hydrogen-bond donors (Lipinski definition) is 0. The van der Waals surface area contributed by atoms with E-state index in [-0.39, 0.29) is 11.3 Å². The van der Waals surface area contributed by atoms with Crippen LogP contribution in [0, 0.1) is 17.0 Å². The number of nitro groups is 1. The van der Waals surface area contributed by atoms with Gasteiger partial charge in [0.05, 0.1) is 24.7 Å². The molecule has 0 spiro atoms. The summed E-state index contributed by atoms with van der Waals surface area (Å²) in [5.41, 5.74) is -0.752. The highest BCUT2D eigenvalue weighted by molar-refractivity contribution is 5.73. The van der Waals surface area contributed by atoms with Crippen molar-refractivity contribution in [3.63, 3.8) is 0 Å². The molecule has 0 saturated carbocycles. The molecule has 6 nitrogen and oxygen atoms in total. The molecule has 0 aliphatic rings. The first-order valence-corrected chi connectivity index (χ1v) is 4.86. The van der Waals surface area contributed by atoms with Gasteiger partial charge in [0, 0.05) is 6.92 Å². The van der Waals surface area contributed by atoms with Gasteiger partial charge in [0.25, 0.3) is 6.43 Å². The van der Waals surface area contributed by atoms with Gasteiger partial charge in [-0.2, -0.15) is 0 Å². The predicted octanol–water partition coefficient (Wildman–Crippen LogP) is 1.95. The number of alkyl halides is 2. The molecule has 0 aromatic carbocycles. The summed E-state index contributed by atoms with van der Waals surface area (Å²) < 4.78 is 29.6. The molecule has 0 amide bonds. The summed E-state index contributed by atoms with van der Waals surface area (Å²) in [4.78, 5) is 24.5. The first-order chi connectivity index (χ1) is 8.36. The summed E-state index contributed by atoms with van der Waals surface area (Å²) in [6.07, 6.45) is -3.28. The van der Waals surface area contributed by atoms with E-state index >= 15 is 0 Å². The molecule has 98 valence electrons. The van der Waals surface area contributed by atoms with Crippen molar-refractivity contribution in [1.29, 1.82) is 0 Å². The smallest absolute Gasteiger partial charge is 0.367 e. The maximum absolute atomic E-state index is 12.6. The Labute approximate surface area is 101 Å². The molecule has 0 atom stereocenters. The van der Waals surface area contributed by atoms with Crippen molar-refractivity contribution in [3.8, 4) is 0 Å². The highest BCUT2D eigenvalue weighted by Crippen LogP contribution is 2.27. The van der Waals surface area contributed by atoms with Crippen LogP contribution in [-0.4, -0.2) is 23.0 Å². The van der Waals surface area contributed by atoms with E-state index in [0.717, 1.165) is 13.2 Å². The lowest BCUT2D eigenvalue weighted by atomic mass is 10.1. The van der Waals surface area contributed by atoms with E-state index in [9.17, 15) is 23.7 Å². The molecule has 0 N–H and O–H groups in total. The fourth-order valence-corrected chi connectivity index (χ4v) is 1.39. The van der Waals surface area contributed by atoms with Crippen molar-refractivity contribution < 1.29 is 23.2 Å². The van der Waals surface area contributed by atoms with Gasteiger partial charge in [0.2, 0.25) is 0 Å². The number of aryl methyl sites for hydroxylation is 1. The molecule has 0 aliphatic heterocycles. The van der Waals surface area contributed by atoms with Crippen molar-refractivity contribution in [3.05, 3.63) is 33.0 Å². The maximum atomic E-state index is 12.6. The Morgan fingerprint density at radius 3 is 2.67 bits per heavy atom. The van der Waals surface area contributed by atoms with Crippen LogP contribution in [0.2, 0.25) is 0 Å². The number of carbonyl (C=O) groups is 1. The largest absolute Gasteiger partial charge is 0.469 e. The molecule has 1 aromatic heterocycles. The third kappa shape index (κ3) is 2.96. The molecule has 1 aromatic rings. The fraction of sp³-hybridized carbons (Fsp3) is 0.400. The van der Waals surface area contributed by atoms with E-state index in [1.165, 1.54) is 6.92 Å². The van der Waals surface area contributed by atoms with E-state index in [0.29, 0.717) is 0 Å². The summed E-state index contributed by atoms with van der Waals surface area (Å²) >= 11 is 0. The lowest BCUT2D eigenvalue weighted by Gasteiger charge is -2.06. The van der Waals surface area contributed by atoms with Crippen LogP contribution in [0.1, 0.15) is 23.2 Å². The highest BCUT2D eigenvalue weighted by Gasteiger charge is 2.25. The van der Waals surface area contributed by atoms with Gasteiger partial charge >= 0.3 is 11.8 Å². The standard InChI is InChI=1S/C10H10F2N2O4/c1-5-7(9(11)12)3-6(4-8(15)18-2)10(13-5)14(16)17/h3,9H,4H2,1-2H3. The van der Waals surface area contributed by atoms with Gasteiger partial charge in [-0.05, 0) is 16.0 Å². The summed E-state index contributed by atoms with van der Waals surface area (Å²) in [5.74, 6) is -1.37. The topological polar surface area (TPSA) is 82.3 Å². The molecular weight excluding hydrogens is 250 g/mol. The number of methoxy groups -OCH3 is 1. The Morgan fingerprint density at radius 2 is 2.22 bits per heavy atom. The van der Waals surface area contributed by atoms with Crippen LogP contribution in [0.25, 0.3) is 0 Å². The average molecular weight is 260 g/mol. The number of nitrogens with zero attached hydrogens (tertiary/aromatic N) is 2. The van der Waals surface area contributed by atoms with Crippen molar-refractivity contribution in [2.75, 3.05) is 7.11 Å². The summed E-state index contributed by atoms with van der Waals surface area (Å²) in [7, 11) is 1.10. The molecule has 0 saturated heterocycles. The molecule has 0 bridgehead atoms. The van der Waals surface area contributed by atoms with Crippen LogP contribution in [0.4, 0.5) is 14.6 Å². The van der Waals surface area contributed by atoms with Gasteiger partial charge in [-0.3, -0.25) is 4.79 Å². The van der Waals surface area contributed by atoms with E-state index in [1.54, 1.807) is 0 Å².